The van der Waals surface area contributed by atoms with Crippen LogP contribution in [0.25, 0.3) is 0 Å². The van der Waals surface area contributed by atoms with Crippen molar-refractivity contribution in [3.05, 3.63) is 12.4 Å². The summed E-state index contributed by atoms with van der Waals surface area (Å²) in [7, 11) is 0. The highest BCUT2D eigenvalue weighted by Crippen LogP contribution is 2.39. The second kappa shape index (κ2) is 6.08. The normalized spacial score (nSPS) is 39.5. The molecule has 0 amide bonds. The van der Waals surface area contributed by atoms with E-state index in [1.54, 1.807) is 24.2 Å². The molecule has 2 atom stereocenters. The first-order valence-electron chi connectivity index (χ1n) is 7.83. The fourth-order valence-electron chi connectivity index (χ4n) is 3.44. The Morgan fingerprint density at radius 2 is 2.20 bits per heavy atom. The molecular formula is C15H25N3OS. The molecule has 0 aliphatic carbocycles. The maximum atomic E-state index is 11.0. The lowest BCUT2D eigenvalue weighted by Gasteiger charge is -2.53. The van der Waals surface area contributed by atoms with Crippen LogP contribution in [0.4, 0.5) is 0 Å². The van der Waals surface area contributed by atoms with Gasteiger partial charge in [0.2, 0.25) is 5.06 Å². The standard InChI is InChI=1S/C15H25N3OS/c1-2-3-10-20-15(19)12-16-6-9-18(15)14-11-13-4-7-17(14)8-5-13/h6,9,12-14,19H,2-5,7-8,10-11H2,1H3. The van der Waals surface area contributed by atoms with Gasteiger partial charge in [0.1, 0.15) is 0 Å². The summed E-state index contributed by atoms with van der Waals surface area (Å²) in [4.78, 5) is 8.83. The highest BCUT2D eigenvalue weighted by atomic mass is 32.2. The number of aliphatic imine (C=N–C) groups is 1. The van der Waals surface area contributed by atoms with E-state index in [0.29, 0.717) is 6.17 Å². The Bertz CT molecular complexity index is 393. The molecule has 4 heterocycles. The number of unbranched alkanes of at least 4 members (excludes halogenated alkanes) is 1. The van der Waals surface area contributed by atoms with E-state index in [4.69, 9.17) is 0 Å². The molecule has 0 aromatic heterocycles. The van der Waals surface area contributed by atoms with Gasteiger partial charge >= 0.3 is 0 Å². The van der Waals surface area contributed by atoms with Crippen molar-refractivity contribution in [3.63, 3.8) is 0 Å². The van der Waals surface area contributed by atoms with Gasteiger partial charge in [-0.25, -0.2) is 0 Å². The summed E-state index contributed by atoms with van der Waals surface area (Å²) in [6, 6.07) is 0. The van der Waals surface area contributed by atoms with Gasteiger partial charge in [-0.05, 0) is 37.4 Å². The van der Waals surface area contributed by atoms with Gasteiger partial charge in [-0.3, -0.25) is 9.89 Å². The van der Waals surface area contributed by atoms with Crippen LogP contribution < -0.4 is 0 Å². The summed E-state index contributed by atoms with van der Waals surface area (Å²) >= 11 is 1.61. The van der Waals surface area contributed by atoms with Crippen molar-refractivity contribution in [1.29, 1.82) is 0 Å². The van der Waals surface area contributed by atoms with Crippen molar-refractivity contribution in [2.45, 2.75) is 50.3 Å². The predicted octanol–water partition coefficient (Wildman–Crippen LogP) is 2.47. The zero-order chi connectivity index (χ0) is 14.0. The molecule has 112 valence electrons. The van der Waals surface area contributed by atoms with E-state index in [-0.39, 0.29) is 0 Å². The SMILES string of the molecule is CCCCSC1(O)C=NC=CN1C1CC2CCN1CC2. The van der Waals surface area contributed by atoms with Crippen LogP contribution in [-0.2, 0) is 0 Å². The van der Waals surface area contributed by atoms with Crippen molar-refractivity contribution < 1.29 is 5.11 Å². The zero-order valence-electron chi connectivity index (χ0n) is 12.2. The first-order chi connectivity index (χ1) is 9.73. The molecule has 4 rings (SSSR count). The summed E-state index contributed by atoms with van der Waals surface area (Å²) in [5.74, 6) is 1.81. The molecule has 5 heteroatoms. The van der Waals surface area contributed by atoms with E-state index in [2.05, 4.69) is 21.7 Å². The minimum atomic E-state index is -0.966. The molecule has 0 saturated carbocycles. The number of hydrogen-bond donors (Lipinski definition) is 1. The van der Waals surface area contributed by atoms with Crippen LogP contribution in [0.3, 0.4) is 0 Å². The van der Waals surface area contributed by atoms with Gasteiger partial charge in [0.05, 0.1) is 12.4 Å². The molecule has 2 unspecified atom stereocenters. The van der Waals surface area contributed by atoms with Crippen molar-refractivity contribution >= 4 is 18.0 Å². The predicted molar refractivity (Wildman–Crippen MR) is 84.5 cm³/mol. The van der Waals surface area contributed by atoms with Gasteiger partial charge in [-0.1, -0.05) is 25.1 Å². The highest BCUT2D eigenvalue weighted by molar-refractivity contribution is 8.01. The van der Waals surface area contributed by atoms with Crippen LogP contribution in [0.2, 0.25) is 0 Å². The highest BCUT2D eigenvalue weighted by Gasteiger charge is 2.44. The number of aliphatic hydroxyl groups is 1. The molecule has 4 nitrogen and oxygen atoms in total. The number of fused-ring (bicyclic) bond motifs is 3. The fraction of sp³-hybridized carbons (Fsp3) is 0.800. The molecule has 0 aromatic rings. The van der Waals surface area contributed by atoms with Gasteiger partial charge in [-0.2, -0.15) is 0 Å². The van der Waals surface area contributed by atoms with Gasteiger partial charge in [-0.15, -0.1) is 0 Å². The third-order valence-corrected chi connectivity index (χ3v) is 5.91. The van der Waals surface area contributed by atoms with Gasteiger partial charge in [0.25, 0.3) is 0 Å². The van der Waals surface area contributed by atoms with Crippen LogP contribution >= 0.6 is 11.8 Å². The molecular weight excluding hydrogens is 270 g/mol. The summed E-state index contributed by atoms with van der Waals surface area (Å²) in [5, 5.41) is 10.0. The minimum Gasteiger partial charge on any atom is -0.358 e. The number of nitrogens with zero attached hydrogens (tertiary/aromatic N) is 3. The number of hydrogen-bond acceptors (Lipinski definition) is 5. The monoisotopic (exact) mass is 295 g/mol. The van der Waals surface area contributed by atoms with E-state index in [1.807, 2.05) is 6.20 Å². The zero-order valence-corrected chi connectivity index (χ0v) is 13.1. The van der Waals surface area contributed by atoms with Crippen LogP contribution in [-0.4, -0.2) is 51.2 Å². The fourth-order valence-corrected chi connectivity index (χ4v) is 4.64. The Hall–Kier alpha value is -0.520. The number of rotatable bonds is 5. The average molecular weight is 295 g/mol. The third kappa shape index (κ3) is 2.76. The van der Waals surface area contributed by atoms with Crippen molar-refractivity contribution in [3.8, 4) is 0 Å². The Labute approximate surface area is 125 Å². The lowest BCUT2D eigenvalue weighted by atomic mass is 9.85. The first-order valence-corrected chi connectivity index (χ1v) is 8.81. The number of thioether (sulfide) groups is 1. The van der Waals surface area contributed by atoms with Crippen molar-refractivity contribution in [2.24, 2.45) is 10.9 Å². The van der Waals surface area contributed by atoms with Crippen LogP contribution in [0.15, 0.2) is 17.4 Å². The molecule has 0 spiro atoms. The summed E-state index contributed by atoms with van der Waals surface area (Å²) < 4.78 is 0. The first kappa shape index (κ1) is 14.4. The molecule has 2 bridgehead atoms. The summed E-state index contributed by atoms with van der Waals surface area (Å²) in [5.41, 5.74) is 0. The molecule has 4 aliphatic heterocycles. The third-order valence-electron chi connectivity index (χ3n) is 4.67. The minimum absolute atomic E-state index is 0.338. The second-order valence-corrected chi connectivity index (χ2v) is 7.34. The quantitative estimate of drug-likeness (QED) is 0.625. The van der Waals surface area contributed by atoms with Crippen LogP contribution in [0.5, 0.6) is 0 Å². The van der Waals surface area contributed by atoms with Crippen molar-refractivity contribution in [2.75, 3.05) is 18.8 Å². The molecule has 0 radical (unpaired) electrons. The average Bonchev–Trinajstić information content (AvgIpc) is 2.49. The number of piperidine rings is 3. The maximum absolute atomic E-state index is 11.0. The summed E-state index contributed by atoms with van der Waals surface area (Å²) in [6.07, 6.45) is 11.9. The van der Waals surface area contributed by atoms with Gasteiger partial charge in [0.15, 0.2) is 0 Å². The Morgan fingerprint density at radius 3 is 2.85 bits per heavy atom. The van der Waals surface area contributed by atoms with E-state index in [9.17, 15) is 5.11 Å². The van der Waals surface area contributed by atoms with Crippen LogP contribution in [0, 0.1) is 5.92 Å². The van der Waals surface area contributed by atoms with Gasteiger partial charge in [0, 0.05) is 25.5 Å². The van der Waals surface area contributed by atoms with Gasteiger partial charge < -0.3 is 10.0 Å². The topological polar surface area (TPSA) is 39.1 Å². The molecule has 3 fully saturated rings. The van der Waals surface area contributed by atoms with E-state index >= 15 is 0 Å². The molecule has 4 aliphatic rings. The second-order valence-electron chi connectivity index (χ2n) is 6.04. The largest absolute Gasteiger partial charge is 0.358 e. The molecule has 3 saturated heterocycles. The Balaban J connectivity index is 1.72. The Kier molecular flexibility index (Phi) is 4.38. The lowest BCUT2D eigenvalue weighted by Crippen LogP contribution is -2.61. The molecule has 0 aromatic carbocycles. The molecule has 20 heavy (non-hydrogen) atoms. The van der Waals surface area contributed by atoms with Crippen molar-refractivity contribution in [1.82, 2.24) is 9.80 Å². The summed E-state index contributed by atoms with van der Waals surface area (Å²) in [6.45, 7) is 4.53. The lowest BCUT2D eigenvalue weighted by molar-refractivity contribution is -0.0802. The van der Waals surface area contributed by atoms with E-state index in [1.165, 1.54) is 32.4 Å². The molecule has 1 N–H and O–H groups in total. The van der Waals surface area contributed by atoms with E-state index in [0.717, 1.165) is 24.5 Å². The Morgan fingerprint density at radius 1 is 1.40 bits per heavy atom. The van der Waals surface area contributed by atoms with Crippen LogP contribution in [0.1, 0.15) is 39.0 Å². The smallest absolute Gasteiger partial charge is 0.225 e. The maximum Gasteiger partial charge on any atom is 0.225 e. The van der Waals surface area contributed by atoms with E-state index < -0.39 is 5.06 Å².